The molecule has 1 amide bonds. The smallest absolute Gasteiger partial charge is 0.265 e. The van der Waals surface area contributed by atoms with Crippen molar-refractivity contribution in [3.63, 3.8) is 0 Å². The van der Waals surface area contributed by atoms with Crippen molar-refractivity contribution in [3.8, 4) is 0 Å². The summed E-state index contributed by atoms with van der Waals surface area (Å²) < 4.78 is 0.923. The maximum absolute atomic E-state index is 11.6. The van der Waals surface area contributed by atoms with Gasteiger partial charge in [-0.15, -0.1) is 0 Å². The normalized spacial score (nSPS) is 13.8. The van der Waals surface area contributed by atoms with E-state index in [0.717, 1.165) is 23.2 Å². The van der Waals surface area contributed by atoms with E-state index in [1.54, 1.807) is 6.92 Å². The third-order valence-corrected chi connectivity index (χ3v) is 2.65. The second-order valence-electron chi connectivity index (χ2n) is 4.76. The molecule has 106 valence electrons. The highest BCUT2D eigenvalue weighted by Crippen LogP contribution is 2.09. The molecule has 1 aromatic rings. The third kappa shape index (κ3) is 5.09. The van der Waals surface area contributed by atoms with Crippen molar-refractivity contribution in [2.24, 2.45) is 0 Å². The predicted octanol–water partition coefficient (Wildman–Crippen LogP) is -0.796. The van der Waals surface area contributed by atoms with Crippen LogP contribution in [-0.2, 0) is 11.3 Å². The van der Waals surface area contributed by atoms with Crippen LogP contribution in [0.25, 0.3) is 0 Å². The molecule has 19 heavy (non-hydrogen) atoms. The molecule has 1 heterocycles. The lowest BCUT2D eigenvalue weighted by Gasteiger charge is -2.22. The summed E-state index contributed by atoms with van der Waals surface area (Å²) in [4.78, 5) is 34.0. The number of H-pyrrole nitrogens is 1. The molecular formula is C12H19N3O4. The summed E-state index contributed by atoms with van der Waals surface area (Å²) in [6.07, 6.45) is 1.36. The zero-order chi connectivity index (χ0) is 14.5. The van der Waals surface area contributed by atoms with Crippen LogP contribution in [-0.4, -0.2) is 32.9 Å². The van der Waals surface area contributed by atoms with Gasteiger partial charge in [0.05, 0.1) is 5.60 Å². The highest BCUT2D eigenvalue weighted by Gasteiger charge is 2.19. The largest absolute Gasteiger partial charge is 0.388 e. The topological polar surface area (TPSA) is 104 Å². The molecule has 0 aliphatic heterocycles. The van der Waals surface area contributed by atoms with Crippen LogP contribution in [0, 0.1) is 0 Å². The second kappa shape index (κ2) is 6.33. The van der Waals surface area contributed by atoms with E-state index in [-0.39, 0.29) is 13.1 Å². The molecular weight excluding hydrogens is 250 g/mol. The lowest BCUT2D eigenvalue weighted by atomic mass is 10.0. The Bertz CT molecular complexity index is 544. The lowest BCUT2D eigenvalue weighted by Crippen LogP contribution is -2.43. The number of amides is 1. The number of carbonyl (C=O) groups is 1. The fourth-order valence-electron chi connectivity index (χ4n) is 1.70. The van der Waals surface area contributed by atoms with Gasteiger partial charge in [-0.25, -0.2) is 4.68 Å². The third-order valence-electron chi connectivity index (χ3n) is 2.65. The molecule has 1 atom stereocenters. The van der Waals surface area contributed by atoms with E-state index < -0.39 is 22.6 Å². The van der Waals surface area contributed by atoms with Crippen LogP contribution in [0.15, 0.2) is 21.7 Å². The Hall–Kier alpha value is -1.89. The van der Waals surface area contributed by atoms with Gasteiger partial charge in [0.25, 0.3) is 11.1 Å². The van der Waals surface area contributed by atoms with Gasteiger partial charge in [-0.1, -0.05) is 13.3 Å². The summed E-state index contributed by atoms with van der Waals surface area (Å²) in [5, 5.41) is 14.7. The van der Waals surface area contributed by atoms with Crippen LogP contribution in [0.3, 0.4) is 0 Å². The zero-order valence-electron chi connectivity index (χ0n) is 11.1. The number of aromatic nitrogens is 2. The second-order valence-corrected chi connectivity index (χ2v) is 4.76. The molecule has 3 N–H and O–H groups in total. The van der Waals surface area contributed by atoms with Gasteiger partial charge in [-0.3, -0.25) is 19.5 Å². The quantitative estimate of drug-likeness (QED) is 0.629. The van der Waals surface area contributed by atoms with E-state index in [4.69, 9.17) is 0 Å². The lowest BCUT2D eigenvalue weighted by molar-refractivity contribution is -0.123. The molecule has 0 aliphatic rings. The molecule has 1 rings (SSSR count). The fourth-order valence-corrected chi connectivity index (χ4v) is 1.70. The van der Waals surface area contributed by atoms with Crippen molar-refractivity contribution in [1.29, 1.82) is 0 Å². The SMILES string of the molecule is CCCC(C)(O)CNC(=O)Cn1[nH]c(=O)ccc1=O. The number of nitrogens with zero attached hydrogens (tertiary/aromatic N) is 1. The molecule has 7 nitrogen and oxygen atoms in total. The highest BCUT2D eigenvalue weighted by molar-refractivity contribution is 5.75. The standard InChI is InChI=1S/C12H19N3O4/c1-3-6-12(2,19)8-13-10(17)7-15-11(18)5-4-9(16)14-15/h4-5,19H,3,6-8H2,1-2H3,(H,13,17)(H,14,16). The van der Waals surface area contributed by atoms with Crippen LogP contribution < -0.4 is 16.4 Å². The molecule has 0 saturated heterocycles. The molecule has 0 aromatic carbocycles. The Morgan fingerprint density at radius 3 is 2.79 bits per heavy atom. The minimum atomic E-state index is -0.973. The average Bonchev–Trinajstić information content (AvgIpc) is 2.31. The van der Waals surface area contributed by atoms with Gasteiger partial charge < -0.3 is 10.4 Å². The molecule has 0 bridgehead atoms. The van der Waals surface area contributed by atoms with Crippen molar-refractivity contribution < 1.29 is 9.90 Å². The maximum atomic E-state index is 11.6. The van der Waals surface area contributed by atoms with Crippen molar-refractivity contribution in [1.82, 2.24) is 15.1 Å². The molecule has 0 fully saturated rings. The van der Waals surface area contributed by atoms with E-state index in [9.17, 15) is 19.5 Å². The minimum Gasteiger partial charge on any atom is -0.388 e. The molecule has 0 radical (unpaired) electrons. The Labute approximate surface area is 110 Å². The molecule has 7 heteroatoms. The Kier molecular flexibility index (Phi) is 5.05. The average molecular weight is 269 g/mol. The van der Waals surface area contributed by atoms with Crippen LogP contribution in [0.2, 0.25) is 0 Å². The molecule has 1 aromatic heterocycles. The molecule has 0 saturated carbocycles. The van der Waals surface area contributed by atoms with Gasteiger partial charge in [-0.2, -0.15) is 0 Å². The number of carbonyl (C=O) groups excluding carboxylic acids is 1. The van der Waals surface area contributed by atoms with Crippen LogP contribution in [0.4, 0.5) is 0 Å². The number of aliphatic hydroxyl groups is 1. The van der Waals surface area contributed by atoms with E-state index in [1.807, 2.05) is 6.92 Å². The number of hydrogen-bond acceptors (Lipinski definition) is 4. The van der Waals surface area contributed by atoms with Crippen LogP contribution >= 0.6 is 0 Å². The predicted molar refractivity (Wildman–Crippen MR) is 69.9 cm³/mol. The number of hydrogen-bond donors (Lipinski definition) is 3. The fraction of sp³-hybridized carbons (Fsp3) is 0.583. The van der Waals surface area contributed by atoms with Crippen molar-refractivity contribution >= 4 is 5.91 Å². The molecule has 0 spiro atoms. The molecule has 1 unspecified atom stereocenters. The highest BCUT2D eigenvalue weighted by atomic mass is 16.3. The minimum absolute atomic E-state index is 0.103. The Balaban J connectivity index is 2.59. The summed E-state index contributed by atoms with van der Waals surface area (Å²) in [6.45, 7) is 3.39. The number of rotatable bonds is 6. The molecule has 0 aliphatic carbocycles. The number of nitrogens with one attached hydrogen (secondary N) is 2. The summed E-state index contributed by atoms with van der Waals surface area (Å²) >= 11 is 0. The van der Waals surface area contributed by atoms with E-state index in [1.165, 1.54) is 0 Å². The van der Waals surface area contributed by atoms with E-state index in [0.29, 0.717) is 6.42 Å². The monoisotopic (exact) mass is 269 g/mol. The van der Waals surface area contributed by atoms with E-state index >= 15 is 0 Å². The van der Waals surface area contributed by atoms with Crippen molar-refractivity contribution in [3.05, 3.63) is 32.8 Å². The first-order valence-electron chi connectivity index (χ1n) is 6.13. The van der Waals surface area contributed by atoms with Crippen molar-refractivity contribution in [2.45, 2.75) is 38.8 Å². The number of aromatic amines is 1. The van der Waals surface area contributed by atoms with Crippen LogP contribution in [0.5, 0.6) is 0 Å². The zero-order valence-corrected chi connectivity index (χ0v) is 11.1. The summed E-state index contributed by atoms with van der Waals surface area (Å²) in [5.74, 6) is -0.444. The van der Waals surface area contributed by atoms with Crippen molar-refractivity contribution in [2.75, 3.05) is 6.54 Å². The van der Waals surface area contributed by atoms with Gasteiger partial charge in [-0.05, 0) is 13.3 Å². The maximum Gasteiger partial charge on any atom is 0.265 e. The summed E-state index contributed by atoms with van der Waals surface area (Å²) in [7, 11) is 0. The first-order chi connectivity index (χ1) is 8.84. The summed E-state index contributed by atoms with van der Waals surface area (Å²) in [5.41, 5.74) is -1.89. The summed E-state index contributed by atoms with van der Waals surface area (Å²) in [6, 6.07) is 2.20. The van der Waals surface area contributed by atoms with Gasteiger partial charge in [0.1, 0.15) is 6.54 Å². The van der Waals surface area contributed by atoms with Crippen LogP contribution in [0.1, 0.15) is 26.7 Å². The Morgan fingerprint density at radius 1 is 1.47 bits per heavy atom. The van der Waals surface area contributed by atoms with Gasteiger partial charge >= 0.3 is 0 Å². The van der Waals surface area contributed by atoms with Gasteiger partial charge in [0.15, 0.2) is 0 Å². The first kappa shape index (κ1) is 15.2. The van der Waals surface area contributed by atoms with E-state index in [2.05, 4.69) is 10.4 Å². The van der Waals surface area contributed by atoms with Gasteiger partial charge in [0.2, 0.25) is 5.91 Å². The first-order valence-corrected chi connectivity index (χ1v) is 6.13. The Morgan fingerprint density at radius 2 is 2.16 bits per heavy atom. The van der Waals surface area contributed by atoms with Gasteiger partial charge in [0, 0.05) is 18.7 Å².